The third kappa shape index (κ3) is 2.35. The number of allylic oxidation sites excluding steroid dienone is 1. The Labute approximate surface area is 128 Å². The first-order valence-corrected chi connectivity index (χ1v) is 8.22. The second-order valence-corrected chi connectivity index (χ2v) is 7.24. The Balaban J connectivity index is 2.32. The van der Waals surface area contributed by atoms with Gasteiger partial charge in [-0.25, -0.2) is 0 Å². The van der Waals surface area contributed by atoms with Crippen molar-refractivity contribution in [2.24, 2.45) is 22.7 Å². The maximum atomic E-state index is 12.8. The summed E-state index contributed by atoms with van der Waals surface area (Å²) in [5, 5.41) is 0. The van der Waals surface area contributed by atoms with E-state index in [1.807, 2.05) is 13.0 Å². The van der Waals surface area contributed by atoms with Crippen molar-refractivity contribution in [3.8, 4) is 0 Å². The normalized spacial score (nSPS) is 33.5. The quantitative estimate of drug-likeness (QED) is 0.570. The second kappa shape index (κ2) is 5.58. The van der Waals surface area contributed by atoms with Crippen LogP contribution < -0.4 is 0 Å². The molecule has 0 unspecified atom stereocenters. The summed E-state index contributed by atoms with van der Waals surface area (Å²) >= 11 is 0. The van der Waals surface area contributed by atoms with Crippen molar-refractivity contribution in [1.82, 2.24) is 0 Å². The summed E-state index contributed by atoms with van der Waals surface area (Å²) in [6.07, 6.45) is 5.62. The maximum Gasteiger partial charge on any atom is 0.312 e. The summed E-state index contributed by atoms with van der Waals surface area (Å²) in [6, 6.07) is 0. The molecule has 0 aromatic heterocycles. The van der Waals surface area contributed by atoms with Gasteiger partial charge >= 0.3 is 5.97 Å². The lowest BCUT2D eigenvalue weighted by Crippen LogP contribution is -2.32. The zero-order valence-electron chi connectivity index (χ0n) is 14.0. The number of esters is 1. The van der Waals surface area contributed by atoms with E-state index < -0.39 is 0 Å². The van der Waals surface area contributed by atoms with Gasteiger partial charge in [0.15, 0.2) is 5.78 Å². The number of carbonyl (C=O) groups excluding carboxylic acids is 2. The number of hydrogen-bond acceptors (Lipinski definition) is 3. The monoisotopic (exact) mass is 292 g/mol. The molecular formula is C18H28O3. The zero-order chi connectivity index (χ0) is 15.8. The molecule has 2 saturated carbocycles. The lowest BCUT2D eigenvalue weighted by molar-refractivity contribution is -0.146. The van der Waals surface area contributed by atoms with Gasteiger partial charge < -0.3 is 4.74 Å². The van der Waals surface area contributed by atoms with Crippen molar-refractivity contribution in [2.75, 3.05) is 6.61 Å². The summed E-state index contributed by atoms with van der Waals surface area (Å²) < 4.78 is 5.16. The van der Waals surface area contributed by atoms with Gasteiger partial charge in [0.25, 0.3) is 0 Å². The first-order valence-electron chi connectivity index (χ1n) is 8.22. The number of ether oxygens (including phenoxy) is 1. The molecule has 0 aliphatic heterocycles. The predicted molar refractivity (Wildman–Crippen MR) is 82.7 cm³/mol. The molecule has 0 aromatic carbocycles. The minimum absolute atomic E-state index is 0.00133. The van der Waals surface area contributed by atoms with E-state index in [9.17, 15) is 9.59 Å². The number of Topliss-reactive ketones (excluding diaryl/α,β-unsaturated/α-hetero) is 1. The SMILES string of the molecule is CCC[C@H](/C=C1/C(=O)[C@@]2(C)CC[C@@H]1C2(C)C)C(=O)OCC. The number of fused-ring (bicyclic) bond motifs is 2. The molecule has 3 atom stereocenters. The molecule has 2 fully saturated rings. The smallest absolute Gasteiger partial charge is 0.312 e. The van der Waals surface area contributed by atoms with Gasteiger partial charge in [-0.3, -0.25) is 9.59 Å². The van der Waals surface area contributed by atoms with E-state index in [2.05, 4.69) is 27.7 Å². The molecule has 0 heterocycles. The van der Waals surface area contributed by atoms with Crippen molar-refractivity contribution in [3.63, 3.8) is 0 Å². The first kappa shape index (κ1) is 16.3. The molecule has 118 valence electrons. The number of carbonyl (C=O) groups is 2. The van der Waals surface area contributed by atoms with Crippen molar-refractivity contribution in [2.45, 2.75) is 60.3 Å². The molecule has 0 radical (unpaired) electrons. The van der Waals surface area contributed by atoms with Crippen LogP contribution in [0, 0.1) is 22.7 Å². The van der Waals surface area contributed by atoms with E-state index in [0.717, 1.165) is 31.3 Å². The highest BCUT2D eigenvalue weighted by molar-refractivity contribution is 6.05. The van der Waals surface area contributed by atoms with E-state index in [0.29, 0.717) is 12.5 Å². The molecular weight excluding hydrogens is 264 g/mol. The Hall–Kier alpha value is -1.12. The van der Waals surface area contributed by atoms with Crippen molar-refractivity contribution >= 4 is 11.8 Å². The van der Waals surface area contributed by atoms with Crippen LogP contribution in [0.1, 0.15) is 60.3 Å². The van der Waals surface area contributed by atoms with Crippen LogP contribution in [0.25, 0.3) is 0 Å². The van der Waals surface area contributed by atoms with E-state index in [1.165, 1.54) is 0 Å². The third-order valence-electron chi connectivity index (χ3n) is 5.93. The molecule has 0 amide bonds. The minimum Gasteiger partial charge on any atom is -0.466 e. The molecule has 0 N–H and O–H groups in total. The Morgan fingerprint density at radius 2 is 2.05 bits per heavy atom. The lowest BCUT2D eigenvalue weighted by Gasteiger charge is -2.31. The molecule has 0 saturated heterocycles. The Morgan fingerprint density at radius 3 is 2.52 bits per heavy atom. The second-order valence-electron chi connectivity index (χ2n) is 7.24. The Kier molecular flexibility index (Phi) is 4.32. The summed E-state index contributed by atoms with van der Waals surface area (Å²) in [5.41, 5.74) is 0.635. The number of ketones is 1. The highest BCUT2D eigenvalue weighted by atomic mass is 16.5. The predicted octanol–water partition coefficient (Wildman–Crippen LogP) is 3.92. The third-order valence-corrected chi connectivity index (χ3v) is 5.93. The van der Waals surface area contributed by atoms with Gasteiger partial charge in [0, 0.05) is 5.41 Å². The molecule has 0 spiro atoms. The van der Waals surface area contributed by atoms with Crippen LogP contribution in [0.2, 0.25) is 0 Å². The van der Waals surface area contributed by atoms with Crippen LogP contribution in [-0.4, -0.2) is 18.4 Å². The molecule has 21 heavy (non-hydrogen) atoms. The fourth-order valence-corrected chi connectivity index (χ4v) is 4.17. The van der Waals surface area contributed by atoms with Crippen molar-refractivity contribution in [1.29, 1.82) is 0 Å². The van der Waals surface area contributed by atoms with E-state index in [-0.39, 0.29) is 28.5 Å². The van der Waals surface area contributed by atoms with Gasteiger partial charge in [-0.05, 0) is 43.1 Å². The van der Waals surface area contributed by atoms with E-state index >= 15 is 0 Å². The van der Waals surface area contributed by atoms with Gasteiger partial charge in [0.1, 0.15) is 0 Å². The maximum absolute atomic E-state index is 12.8. The van der Waals surface area contributed by atoms with Crippen LogP contribution in [0.5, 0.6) is 0 Å². The largest absolute Gasteiger partial charge is 0.466 e. The summed E-state index contributed by atoms with van der Waals surface area (Å²) in [5.74, 6) is 0.0935. The average Bonchev–Trinajstić information content (AvgIpc) is 2.72. The Morgan fingerprint density at radius 1 is 1.38 bits per heavy atom. The topological polar surface area (TPSA) is 43.4 Å². The standard InChI is InChI=1S/C18H28O3/c1-6-8-12(16(20)21-7-2)11-13-14-9-10-18(5,15(13)19)17(14,3)4/h11-12,14H,6-10H2,1-5H3/b13-11+/t12-,14+,18-/m1/s1. The van der Waals surface area contributed by atoms with Crippen LogP contribution >= 0.6 is 0 Å². The summed E-state index contributed by atoms with van der Waals surface area (Å²) in [7, 11) is 0. The van der Waals surface area contributed by atoms with Crippen LogP contribution in [-0.2, 0) is 14.3 Å². The van der Waals surface area contributed by atoms with Crippen LogP contribution in [0.4, 0.5) is 0 Å². The zero-order valence-corrected chi connectivity index (χ0v) is 14.0. The average molecular weight is 292 g/mol. The van der Waals surface area contributed by atoms with Crippen LogP contribution in [0.15, 0.2) is 11.6 Å². The molecule has 2 aliphatic rings. The van der Waals surface area contributed by atoms with Gasteiger partial charge in [-0.15, -0.1) is 0 Å². The number of hydrogen-bond donors (Lipinski definition) is 0. The summed E-state index contributed by atoms with van der Waals surface area (Å²) in [6.45, 7) is 10.8. The fraction of sp³-hybridized carbons (Fsp3) is 0.778. The molecule has 2 bridgehead atoms. The van der Waals surface area contributed by atoms with Crippen molar-refractivity contribution in [3.05, 3.63) is 11.6 Å². The van der Waals surface area contributed by atoms with Gasteiger partial charge in [0.2, 0.25) is 0 Å². The molecule has 3 heteroatoms. The molecule has 2 aliphatic carbocycles. The highest BCUT2D eigenvalue weighted by Gasteiger charge is 2.63. The van der Waals surface area contributed by atoms with Gasteiger partial charge in [-0.2, -0.15) is 0 Å². The van der Waals surface area contributed by atoms with Gasteiger partial charge in [0.05, 0.1) is 12.5 Å². The lowest BCUT2D eigenvalue weighted by atomic mass is 9.70. The molecule has 3 nitrogen and oxygen atoms in total. The highest BCUT2D eigenvalue weighted by Crippen LogP contribution is 2.65. The van der Waals surface area contributed by atoms with E-state index in [4.69, 9.17) is 4.74 Å². The molecule has 0 aromatic rings. The van der Waals surface area contributed by atoms with Gasteiger partial charge in [-0.1, -0.05) is 40.2 Å². The minimum atomic E-state index is -0.271. The molecule has 2 rings (SSSR count). The van der Waals surface area contributed by atoms with E-state index in [1.54, 1.807) is 0 Å². The summed E-state index contributed by atoms with van der Waals surface area (Å²) in [4.78, 5) is 24.9. The fourth-order valence-electron chi connectivity index (χ4n) is 4.17. The van der Waals surface area contributed by atoms with Crippen LogP contribution in [0.3, 0.4) is 0 Å². The Bertz CT molecular complexity index is 475. The first-order chi connectivity index (χ1) is 9.79. The van der Waals surface area contributed by atoms with Crippen molar-refractivity contribution < 1.29 is 14.3 Å². The number of rotatable bonds is 5.